The number of furan rings is 1. The molecule has 0 saturated carbocycles. The number of para-hydroxylation sites is 1. The Morgan fingerprint density at radius 3 is 1.47 bits per heavy atom. The van der Waals surface area contributed by atoms with Crippen LogP contribution in [0.2, 0.25) is 0 Å². The van der Waals surface area contributed by atoms with Crippen LogP contribution < -0.4 is 4.90 Å². The van der Waals surface area contributed by atoms with Crippen LogP contribution in [0.4, 0.5) is 17.1 Å². The summed E-state index contributed by atoms with van der Waals surface area (Å²) in [7, 11) is 0. The number of aromatic nitrogens is 3. The second-order valence-corrected chi connectivity index (χ2v) is 23.7. The van der Waals surface area contributed by atoms with Gasteiger partial charge in [0.25, 0.3) is 0 Å². The zero-order valence-electron chi connectivity index (χ0n) is 48.1. The molecule has 2 aromatic heterocycles. The van der Waals surface area contributed by atoms with Crippen molar-refractivity contribution in [3.8, 4) is 45.3 Å². The van der Waals surface area contributed by atoms with Crippen LogP contribution in [0.15, 0.2) is 302 Å². The van der Waals surface area contributed by atoms with Crippen molar-refractivity contribution in [1.29, 1.82) is 0 Å². The zero-order chi connectivity index (χ0) is 58.3. The van der Waals surface area contributed by atoms with Gasteiger partial charge in [-0.3, -0.25) is 0 Å². The van der Waals surface area contributed by atoms with E-state index in [1.807, 2.05) is 36.4 Å². The van der Waals surface area contributed by atoms with Crippen LogP contribution in [0.3, 0.4) is 0 Å². The largest absolute Gasteiger partial charge is 0.453 e. The van der Waals surface area contributed by atoms with E-state index < -0.39 is 0 Å². The van der Waals surface area contributed by atoms with Crippen molar-refractivity contribution < 1.29 is 4.42 Å². The maximum Gasteiger partial charge on any atom is 0.164 e. The number of hydrogen-bond acceptors (Lipinski definition) is 5. The van der Waals surface area contributed by atoms with Gasteiger partial charge in [0.15, 0.2) is 23.1 Å². The van der Waals surface area contributed by atoms with Crippen LogP contribution in [-0.4, -0.2) is 15.0 Å². The second kappa shape index (κ2) is 19.4. The van der Waals surface area contributed by atoms with Crippen molar-refractivity contribution in [2.45, 2.75) is 5.92 Å². The Morgan fingerprint density at radius 1 is 0.292 bits per heavy atom. The van der Waals surface area contributed by atoms with Crippen LogP contribution in [-0.2, 0) is 0 Å². The summed E-state index contributed by atoms with van der Waals surface area (Å²) in [5.41, 5.74) is 13.4. The Balaban J connectivity index is 0.878. The van der Waals surface area contributed by atoms with Crippen LogP contribution in [0.5, 0.6) is 0 Å². The molecule has 1 atom stereocenters. The smallest absolute Gasteiger partial charge is 0.164 e. The fourth-order valence-corrected chi connectivity index (χ4v) is 15.0. The Hall–Kier alpha value is -11.8. The lowest BCUT2D eigenvalue weighted by atomic mass is 9.83. The average molecular weight is 1130 g/mol. The molecule has 0 radical (unpaired) electrons. The molecule has 19 rings (SSSR count). The quantitative estimate of drug-likeness (QED) is 0.149. The van der Waals surface area contributed by atoms with Gasteiger partial charge in [-0.1, -0.05) is 267 Å². The standard InChI is InChI=1S/C84H50N4O/c1-3-21-52(22-4-1)82-85-83(53-23-5-2-6-24-53)87-84(86-82)56-26-17-25-55(47-56)76-71-46-44-70-69-35-18-36-74(80(69)89-81(70)78(71)72-45-43-68-64-32-12-11-29-61(64)63-31-14-16-34-67(63)77(68)79(72)76)88(57-40-42-60-54(48-57)38-37-50-19-7-9-27-58(50)60)75-49-73-59-28-10-8-20-51(59)39-41-65(73)62-30-13-15-33-66(62)75/h1-49,76H. The SMILES string of the molecule is c1ccc(-c2nc(-c3ccccc3)nc(-c3cccc(C4c5ccc6c(oc7c(N(c8ccc9c(ccc%10ccccc%109)c8)c8cc9c%10ccccc%10ccc9c9ccccc89)cccc76)c5-c5ccc6c7ccccc7c7ccccc7c6c54)c3)n2)cc1. The van der Waals surface area contributed by atoms with Gasteiger partial charge in [0.05, 0.1) is 11.4 Å². The van der Waals surface area contributed by atoms with Gasteiger partial charge in [-0.2, -0.15) is 0 Å². The van der Waals surface area contributed by atoms with Gasteiger partial charge in [0.2, 0.25) is 0 Å². The third kappa shape index (κ3) is 7.52. The molecule has 1 unspecified atom stereocenters. The minimum absolute atomic E-state index is 0.196. The first-order chi connectivity index (χ1) is 44.1. The van der Waals surface area contributed by atoms with E-state index >= 15 is 0 Å². The predicted molar refractivity (Wildman–Crippen MR) is 371 cm³/mol. The molecule has 1 aliphatic rings. The maximum atomic E-state index is 7.81. The van der Waals surface area contributed by atoms with Gasteiger partial charge in [0.1, 0.15) is 5.58 Å². The van der Waals surface area contributed by atoms with E-state index in [4.69, 9.17) is 19.4 Å². The predicted octanol–water partition coefficient (Wildman–Crippen LogP) is 22.6. The molecule has 1 aliphatic carbocycles. The molecular weight excluding hydrogens is 1080 g/mol. The van der Waals surface area contributed by atoms with E-state index in [0.717, 1.165) is 72.2 Å². The molecule has 0 fully saturated rings. The number of hydrogen-bond donors (Lipinski definition) is 0. The zero-order valence-corrected chi connectivity index (χ0v) is 48.1. The van der Waals surface area contributed by atoms with Gasteiger partial charge in [-0.15, -0.1) is 0 Å². The molecule has 18 aromatic rings. The summed E-state index contributed by atoms with van der Waals surface area (Å²) in [5, 5.41) is 21.5. The van der Waals surface area contributed by atoms with Gasteiger partial charge >= 0.3 is 0 Å². The van der Waals surface area contributed by atoms with Crippen LogP contribution in [0.1, 0.15) is 22.6 Å². The summed E-state index contributed by atoms with van der Waals surface area (Å²) in [4.78, 5) is 18.0. The van der Waals surface area contributed by atoms with E-state index in [2.05, 4.69) is 266 Å². The topological polar surface area (TPSA) is 55.1 Å². The highest BCUT2D eigenvalue weighted by atomic mass is 16.3. The van der Waals surface area contributed by atoms with Crippen molar-refractivity contribution in [2.24, 2.45) is 0 Å². The molecule has 0 amide bonds. The van der Waals surface area contributed by atoms with Crippen LogP contribution in [0, 0.1) is 0 Å². The Kier molecular flexibility index (Phi) is 10.8. The van der Waals surface area contributed by atoms with E-state index in [0.29, 0.717) is 17.5 Å². The van der Waals surface area contributed by atoms with Crippen molar-refractivity contribution in [3.63, 3.8) is 0 Å². The summed E-state index contributed by atoms with van der Waals surface area (Å²) in [6.07, 6.45) is 0. The molecule has 0 bridgehead atoms. The minimum Gasteiger partial charge on any atom is -0.453 e. The normalized spacial score (nSPS) is 13.1. The van der Waals surface area contributed by atoms with Crippen molar-refractivity contribution in [3.05, 3.63) is 314 Å². The molecule has 0 N–H and O–H groups in total. The first kappa shape index (κ1) is 49.5. The molecular formula is C84H50N4O. The summed E-state index contributed by atoms with van der Waals surface area (Å²) in [6, 6.07) is 108. The molecule has 89 heavy (non-hydrogen) atoms. The summed E-state index contributed by atoms with van der Waals surface area (Å²) >= 11 is 0. The molecule has 2 heterocycles. The molecule has 0 saturated heterocycles. The third-order valence-electron chi connectivity index (χ3n) is 18.9. The fourth-order valence-electron chi connectivity index (χ4n) is 15.0. The highest BCUT2D eigenvalue weighted by molar-refractivity contribution is 6.29. The molecule has 0 spiro atoms. The van der Waals surface area contributed by atoms with Gasteiger partial charge in [-0.25, -0.2) is 15.0 Å². The summed E-state index contributed by atoms with van der Waals surface area (Å²) in [5.74, 6) is 1.67. The molecule has 5 nitrogen and oxygen atoms in total. The molecule has 0 aliphatic heterocycles. The average Bonchev–Trinajstić information content (AvgIpc) is 1.66. The van der Waals surface area contributed by atoms with E-state index in [1.165, 1.54) is 97.5 Å². The van der Waals surface area contributed by atoms with Crippen molar-refractivity contribution in [2.75, 3.05) is 4.90 Å². The lowest BCUT2D eigenvalue weighted by molar-refractivity contribution is 0.670. The number of fused-ring (bicyclic) bond motifs is 22. The lowest BCUT2D eigenvalue weighted by Gasteiger charge is -2.28. The van der Waals surface area contributed by atoms with Crippen molar-refractivity contribution >= 4 is 125 Å². The first-order valence-corrected chi connectivity index (χ1v) is 30.5. The van der Waals surface area contributed by atoms with Crippen LogP contribution in [0.25, 0.3) is 153 Å². The van der Waals surface area contributed by atoms with E-state index in [9.17, 15) is 0 Å². The fraction of sp³-hybridized carbons (Fsp3) is 0.0119. The Labute approximate surface area is 511 Å². The van der Waals surface area contributed by atoms with Crippen molar-refractivity contribution in [1.82, 2.24) is 15.0 Å². The van der Waals surface area contributed by atoms with Crippen LogP contribution >= 0.6 is 0 Å². The summed E-state index contributed by atoms with van der Waals surface area (Å²) < 4.78 is 7.81. The molecule has 412 valence electrons. The highest BCUT2D eigenvalue weighted by Gasteiger charge is 2.36. The third-order valence-corrected chi connectivity index (χ3v) is 18.9. The maximum absolute atomic E-state index is 7.81. The molecule has 16 aromatic carbocycles. The summed E-state index contributed by atoms with van der Waals surface area (Å²) in [6.45, 7) is 0. The Morgan fingerprint density at radius 2 is 0.764 bits per heavy atom. The Bertz CT molecular complexity index is 5920. The monoisotopic (exact) mass is 1130 g/mol. The van der Waals surface area contributed by atoms with E-state index in [-0.39, 0.29) is 5.92 Å². The second-order valence-electron chi connectivity index (χ2n) is 23.7. The minimum atomic E-state index is -0.196. The first-order valence-electron chi connectivity index (χ1n) is 30.5. The van der Waals surface area contributed by atoms with Gasteiger partial charge in [0, 0.05) is 50.0 Å². The molecule has 5 heteroatoms. The highest BCUT2D eigenvalue weighted by Crippen LogP contribution is 2.57. The number of anilines is 3. The number of nitrogens with zero attached hydrogens (tertiary/aromatic N) is 4. The lowest BCUT2D eigenvalue weighted by Crippen LogP contribution is -2.11. The van der Waals surface area contributed by atoms with Gasteiger partial charge in [-0.05, 0) is 133 Å². The van der Waals surface area contributed by atoms with E-state index in [1.54, 1.807) is 0 Å². The number of rotatable bonds is 7. The van der Waals surface area contributed by atoms with Gasteiger partial charge < -0.3 is 9.32 Å². The number of benzene rings is 16.